The van der Waals surface area contributed by atoms with Crippen molar-refractivity contribution in [2.45, 2.75) is 50.8 Å². The lowest BCUT2D eigenvalue weighted by atomic mass is 9.84. The zero-order valence-electron chi connectivity index (χ0n) is 18.6. The van der Waals surface area contributed by atoms with Crippen LogP contribution in [-0.2, 0) is 20.2 Å². The number of carbonyl (C=O) groups is 1. The summed E-state index contributed by atoms with van der Waals surface area (Å²) in [7, 11) is -3.54. The number of carbonyl (C=O) groups excluding carboxylic acids is 1. The van der Waals surface area contributed by atoms with Gasteiger partial charge in [0, 0.05) is 36.0 Å². The van der Waals surface area contributed by atoms with Gasteiger partial charge in [0.15, 0.2) is 0 Å². The molecule has 0 aromatic heterocycles. The zero-order chi connectivity index (χ0) is 22.8. The van der Waals surface area contributed by atoms with Crippen LogP contribution >= 0.6 is 11.6 Å². The third-order valence-corrected chi connectivity index (χ3v) is 8.38. The Morgan fingerprint density at radius 1 is 1.10 bits per heavy atom. The molecule has 3 rings (SSSR count). The molecule has 7 heteroatoms. The molecule has 1 amide bonds. The Balaban J connectivity index is 1.57. The first kappa shape index (κ1) is 23.8. The third-order valence-electron chi connectivity index (χ3n) is 6.25. The molecule has 31 heavy (non-hydrogen) atoms. The van der Waals surface area contributed by atoms with Crippen LogP contribution in [0.4, 0.5) is 0 Å². The van der Waals surface area contributed by atoms with E-state index in [1.807, 2.05) is 44.2 Å². The van der Waals surface area contributed by atoms with Crippen molar-refractivity contribution in [3.05, 3.63) is 64.2 Å². The highest BCUT2D eigenvalue weighted by Crippen LogP contribution is 2.27. The molecule has 0 aliphatic carbocycles. The highest BCUT2D eigenvalue weighted by Gasteiger charge is 2.33. The molecule has 0 bridgehead atoms. The minimum absolute atomic E-state index is 0.0154. The molecule has 0 saturated carbocycles. The van der Waals surface area contributed by atoms with E-state index in [2.05, 4.69) is 19.2 Å². The average molecular weight is 463 g/mol. The molecule has 1 heterocycles. The van der Waals surface area contributed by atoms with Gasteiger partial charge >= 0.3 is 0 Å². The van der Waals surface area contributed by atoms with Gasteiger partial charge in [-0.15, -0.1) is 0 Å². The first-order valence-corrected chi connectivity index (χ1v) is 12.4. The second-order valence-corrected chi connectivity index (χ2v) is 11.4. The number of nitrogens with zero attached hydrogens (tertiary/aromatic N) is 1. The van der Waals surface area contributed by atoms with Crippen LogP contribution in [0.25, 0.3) is 0 Å². The summed E-state index contributed by atoms with van der Waals surface area (Å²) in [6.07, 6.45) is 1.04. The van der Waals surface area contributed by atoms with Crippen molar-refractivity contribution in [2.75, 3.05) is 19.6 Å². The Morgan fingerprint density at radius 2 is 1.77 bits per heavy atom. The second-order valence-electron chi connectivity index (χ2n) is 9.04. The maximum absolute atomic E-state index is 13.0. The van der Waals surface area contributed by atoms with Crippen LogP contribution in [-0.4, -0.2) is 38.3 Å². The van der Waals surface area contributed by atoms with Crippen LogP contribution in [0.2, 0.25) is 5.02 Å². The van der Waals surface area contributed by atoms with Crippen molar-refractivity contribution >= 4 is 27.5 Å². The zero-order valence-corrected chi connectivity index (χ0v) is 20.2. The Hall–Kier alpha value is -1.89. The van der Waals surface area contributed by atoms with Crippen molar-refractivity contribution in [3.8, 4) is 0 Å². The van der Waals surface area contributed by atoms with E-state index >= 15 is 0 Å². The number of benzene rings is 2. The summed E-state index contributed by atoms with van der Waals surface area (Å²) in [4.78, 5) is 13.1. The lowest BCUT2D eigenvalue weighted by molar-refractivity contribution is -0.126. The van der Waals surface area contributed by atoms with Crippen LogP contribution in [0, 0.1) is 19.8 Å². The molecular formula is C24H31ClN2O3S. The number of sulfonamides is 1. The molecule has 1 N–H and O–H groups in total. The summed E-state index contributed by atoms with van der Waals surface area (Å²) in [5.74, 6) is -0.195. The number of rotatable bonds is 6. The number of hydrogen-bond acceptors (Lipinski definition) is 3. The van der Waals surface area contributed by atoms with E-state index < -0.39 is 10.0 Å². The van der Waals surface area contributed by atoms with Crippen LogP contribution in [0.3, 0.4) is 0 Å². The molecule has 1 saturated heterocycles. The molecule has 2 aromatic carbocycles. The summed E-state index contributed by atoms with van der Waals surface area (Å²) in [5, 5.41) is 3.73. The SMILES string of the molecule is Cc1ccc(S(=O)(=O)N2CCC(C(=O)NCC(C)(C)c3cccc(Cl)c3)CC2)cc1C. The van der Waals surface area contributed by atoms with Gasteiger partial charge in [0.1, 0.15) is 0 Å². The number of nitrogens with one attached hydrogen (secondary N) is 1. The minimum atomic E-state index is -3.54. The molecule has 1 aliphatic heterocycles. The summed E-state index contributed by atoms with van der Waals surface area (Å²) >= 11 is 6.11. The Bertz CT molecular complexity index is 1060. The molecule has 0 radical (unpaired) electrons. The van der Waals surface area contributed by atoms with E-state index in [1.54, 1.807) is 12.1 Å². The van der Waals surface area contributed by atoms with Crippen molar-refractivity contribution in [1.29, 1.82) is 0 Å². The van der Waals surface area contributed by atoms with E-state index in [1.165, 1.54) is 4.31 Å². The fourth-order valence-electron chi connectivity index (χ4n) is 3.85. The standard InChI is InChI=1S/C24H31ClN2O3S/c1-17-8-9-22(14-18(17)2)31(29,30)27-12-10-19(11-13-27)23(28)26-16-24(3,4)20-6-5-7-21(25)15-20/h5-9,14-15,19H,10-13,16H2,1-4H3,(H,26,28). The first-order chi connectivity index (χ1) is 14.5. The molecule has 0 unspecified atom stereocenters. The van der Waals surface area contributed by atoms with Gasteiger partial charge in [0.25, 0.3) is 0 Å². The topological polar surface area (TPSA) is 66.5 Å². The van der Waals surface area contributed by atoms with Crippen LogP contribution in [0.5, 0.6) is 0 Å². The first-order valence-electron chi connectivity index (χ1n) is 10.6. The largest absolute Gasteiger partial charge is 0.355 e. The van der Waals surface area contributed by atoms with Gasteiger partial charge < -0.3 is 5.32 Å². The summed E-state index contributed by atoms with van der Waals surface area (Å²) in [6, 6.07) is 12.9. The second kappa shape index (κ2) is 9.31. The molecule has 168 valence electrons. The predicted octanol–water partition coefficient (Wildman–Crippen LogP) is 4.45. The molecule has 0 atom stereocenters. The smallest absolute Gasteiger partial charge is 0.243 e. The van der Waals surface area contributed by atoms with Crippen molar-refractivity contribution in [2.24, 2.45) is 5.92 Å². The van der Waals surface area contributed by atoms with Crippen LogP contribution in [0.1, 0.15) is 43.4 Å². The maximum Gasteiger partial charge on any atom is 0.243 e. The van der Waals surface area contributed by atoms with Crippen LogP contribution in [0.15, 0.2) is 47.4 Å². The van der Waals surface area contributed by atoms with Gasteiger partial charge in [0.05, 0.1) is 4.90 Å². The van der Waals surface area contributed by atoms with E-state index in [9.17, 15) is 13.2 Å². The highest BCUT2D eigenvalue weighted by molar-refractivity contribution is 7.89. The van der Waals surface area contributed by atoms with Crippen molar-refractivity contribution in [1.82, 2.24) is 9.62 Å². The Labute approximate surface area is 190 Å². The van der Waals surface area contributed by atoms with E-state index in [4.69, 9.17) is 11.6 Å². The molecule has 5 nitrogen and oxygen atoms in total. The maximum atomic E-state index is 13.0. The Morgan fingerprint density at radius 3 is 2.39 bits per heavy atom. The van der Waals surface area contributed by atoms with E-state index in [0.717, 1.165) is 16.7 Å². The van der Waals surface area contributed by atoms with Crippen molar-refractivity contribution < 1.29 is 13.2 Å². The average Bonchev–Trinajstić information content (AvgIpc) is 2.74. The predicted molar refractivity (Wildman–Crippen MR) is 125 cm³/mol. The lowest BCUT2D eigenvalue weighted by Crippen LogP contribution is -2.45. The number of hydrogen-bond donors (Lipinski definition) is 1. The van der Waals surface area contributed by atoms with Gasteiger partial charge in [-0.25, -0.2) is 8.42 Å². The highest BCUT2D eigenvalue weighted by atomic mass is 35.5. The van der Waals surface area contributed by atoms with Gasteiger partial charge in [-0.3, -0.25) is 4.79 Å². The van der Waals surface area contributed by atoms with Crippen LogP contribution < -0.4 is 5.32 Å². The van der Waals surface area contributed by atoms with E-state index in [-0.39, 0.29) is 17.2 Å². The normalized spacial score (nSPS) is 16.3. The van der Waals surface area contributed by atoms with Crippen molar-refractivity contribution in [3.63, 3.8) is 0 Å². The number of piperidine rings is 1. The Kier molecular flexibility index (Phi) is 7.14. The molecular weight excluding hydrogens is 432 g/mol. The molecule has 1 fully saturated rings. The van der Waals surface area contributed by atoms with Gasteiger partial charge in [-0.05, 0) is 67.6 Å². The third kappa shape index (κ3) is 5.48. The number of amides is 1. The monoisotopic (exact) mass is 462 g/mol. The molecule has 2 aromatic rings. The minimum Gasteiger partial charge on any atom is -0.355 e. The van der Waals surface area contributed by atoms with Gasteiger partial charge in [0.2, 0.25) is 15.9 Å². The number of aryl methyl sites for hydroxylation is 2. The quantitative estimate of drug-likeness (QED) is 0.689. The van der Waals surface area contributed by atoms with Gasteiger partial charge in [-0.1, -0.05) is 43.6 Å². The summed E-state index contributed by atoms with van der Waals surface area (Å²) < 4.78 is 27.5. The lowest BCUT2D eigenvalue weighted by Gasteiger charge is -2.32. The fourth-order valence-corrected chi connectivity index (χ4v) is 5.59. The summed E-state index contributed by atoms with van der Waals surface area (Å²) in [6.45, 7) is 9.21. The molecule has 0 spiro atoms. The van der Waals surface area contributed by atoms with Gasteiger partial charge in [-0.2, -0.15) is 4.31 Å². The fraction of sp³-hybridized carbons (Fsp3) is 0.458. The van der Waals surface area contributed by atoms with E-state index in [0.29, 0.717) is 42.4 Å². The number of halogens is 1. The molecule has 1 aliphatic rings. The summed E-state index contributed by atoms with van der Waals surface area (Å²) in [5.41, 5.74) is 2.83.